The number of rotatable bonds is 4. The molecular weight excluding hydrogens is 368 g/mol. The molecule has 19 heavy (non-hydrogen) atoms. The Kier molecular flexibility index (Phi) is 5.06. The summed E-state index contributed by atoms with van der Waals surface area (Å²) in [6, 6.07) is 14.6. The molecule has 0 amide bonds. The van der Waals surface area contributed by atoms with E-state index < -0.39 is 0 Å². The van der Waals surface area contributed by atoms with Gasteiger partial charge in [0.25, 0.3) is 0 Å². The zero-order chi connectivity index (χ0) is 13.8. The van der Waals surface area contributed by atoms with E-state index in [2.05, 4.69) is 69.1 Å². The van der Waals surface area contributed by atoms with Crippen molar-refractivity contribution in [1.29, 1.82) is 0 Å². The molecule has 100 valence electrons. The quantitative estimate of drug-likeness (QED) is 0.620. The lowest BCUT2D eigenvalue weighted by molar-refractivity contribution is 0.340. The van der Waals surface area contributed by atoms with Crippen molar-refractivity contribution in [3.8, 4) is 5.75 Å². The number of hydrogen-bond acceptors (Lipinski definition) is 1. The SMILES string of the molecule is CCOc1ccc(C(Br)c2cc(C)ccc2Br)cc1. The summed E-state index contributed by atoms with van der Waals surface area (Å²) in [5.74, 6) is 0.911. The summed E-state index contributed by atoms with van der Waals surface area (Å²) in [6.45, 7) is 4.79. The van der Waals surface area contributed by atoms with Gasteiger partial charge in [-0.25, -0.2) is 0 Å². The number of halogens is 2. The van der Waals surface area contributed by atoms with Crippen molar-refractivity contribution in [2.45, 2.75) is 18.7 Å². The Morgan fingerprint density at radius 1 is 1.11 bits per heavy atom. The van der Waals surface area contributed by atoms with Crippen molar-refractivity contribution in [1.82, 2.24) is 0 Å². The number of ether oxygens (including phenoxy) is 1. The second kappa shape index (κ2) is 6.58. The Labute approximate surface area is 131 Å². The van der Waals surface area contributed by atoms with Gasteiger partial charge in [0.15, 0.2) is 0 Å². The van der Waals surface area contributed by atoms with Gasteiger partial charge in [0.05, 0.1) is 11.4 Å². The molecule has 1 unspecified atom stereocenters. The van der Waals surface area contributed by atoms with Gasteiger partial charge in [0.2, 0.25) is 0 Å². The summed E-state index contributed by atoms with van der Waals surface area (Å²) in [6.07, 6.45) is 0. The predicted octanol–water partition coefficient (Wildman–Crippen LogP) is 5.64. The van der Waals surface area contributed by atoms with E-state index in [1.54, 1.807) is 0 Å². The fraction of sp³-hybridized carbons (Fsp3) is 0.250. The first kappa shape index (κ1) is 14.6. The van der Waals surface area contributed by atoms with Crippen LogP contribution in [0.4, 0.5) is 0 Å². The highest BCUT2D eigenvalue weighted by atomic mass is 79.9. The van der Waals surface area contributed by atoms with Gasteiger partial charge in [-0.1, -0.05) is 61.7 Å². The zero-order valence-electron chi connectivity index (χ0n) is 11.0. The van der Waals surface area contributed by atoms with Crippen molar-refractivity contribution >= 4 is 31.9 Å². The Hall–Kier alpha value is -0.800. The van der Waals surface area contributed by atoms with Gasteiger partial charge in [0, 0.05) is 4.47 Å². The van der Waals surface area contributed by atoms with Crippen LogP contribution in [-0.4, -0.2) is 6.61 Å². The van der Waals surface area contributed by atoms with Crippen molar-refractivity contribution in [3.05, 3.63) is 63.6 Å². The van der Waals surface area contributed by atoms with E-state index in [9.17, 15) is 0 Å². The molecule has 0 saturated heterocycles. The van der Waals surface area contributed by atoms with Gasteiger partial charge in [-0.2, -0.15) is 0 Å². The highest BCUT2D eigenvalue weighted by Crippen LogP contribution is 2.36. The molecule has 2 rings (SSSR count). The van der Waals surface area contributed by atoms with E-state index in [1.807, 2.05) is 19.1 Å². The average Bonchev–Trinajstić information content (AvgIpc) is 2.42. The molecule has 1 nitrogen and oxygen atoms in total. The van der Waals surface area contributed by atoms with Gasteiger partial charge >= 0.3 is 0 Å². The molecule has 0 heterocycles. The summed E-state index contributed by atoms with van der Waals surface area (Å²) >= 11 is 7.38. The number of benzene rings is 2. The topological polar surface area (TPSA) is 9.23 Å². The van der Waals surface area contributed by atoms with Crippen LogP contribution in [0.5, 0.6) is 5.75 Å². The van der Waals surface area contributed by atoms with Crippen LogP contribution >= 0.6 is 31.9 Å². The molecule has 0 aromatic heterocycles. The molecule has 0 fully saturated rings. The molecule has 0 bridgehead atoms. The van der Waals surface area contributed by atoms with Crippen LogP contribution in [0.15, 0.2) is 46.9 Å². The normalized spacial score (nSPS) is 12.2. The van der Waals surface area contributed by atoms with Crippen molar-refractivity contribution in [3.63, 3.8) is 0 Å². The van der Waals surface area contributed by atoms with Crippen LogP contribution in [0.2, 0.25) is 0 Å². The molecule has 0 radical (unpaired) electrons. The maximum absolute atomic E-state index is 5.46. The van der Waals surface area contributed by atoms with Gasteiger partial charge in [-0.05, 0) is 43.2 Å². The van der Waals surface area contributed by atoms with Gasteiger partial charge in [-0.3, -0.25) is 0 Å². The Morgan fingerprint density at radius 3 is 2.42 bits per heavy atom. The third kappa shape index (κ3) is 3.61. The lowest BCUT2D eigenvalue weighted by atomic mass is 10.0. The second-order valence-electron chi connectivity index (χ2n) is 4.39. The summed E-state index contributed by atoms with van der Waals surface area (Å²) in [5.41, 5.74) is 3.72. The average molecular weight is 384 g/mol. The number of alkyl halides is 1. The van der Waals surface area contributed by atoms with E-state index >= 15 is 0 Å². The van der Waals surface area contributed by atoms with E-state index in [-0.39, 0.29) is 4.83 Å². The second-order valence-corrected chi connectivity index (χ2v) is 6.16. The van der Waals surface area contributed by atoms with E-state index in [0.29, 0.717) is 6.61 Å². The highest BCUT2D eigenvalue weighted by molar-refractivity contribution is 9.11. The van der Waals surface area contributed by atoms with Gasteiger partial charge < -0.3 is 4.74 Å². The van der Waals surface area contributed by atoms with Crippen LogP contribution in [0.3, 0.4) is 0 Å². The first-order chi connectivity index (χ1) is 9.11. The fourth-order valence-electron chi connectivity index (χ4n) is 1.94. The minimum absolute atomic E-state index is 0.178. The number of aryl methyl sites for hydroxylation is 1. The third-order valence-corrected chi connectivity index (χ3v) is 4.65. The molecule has 0 aliphatic heterocycles. The molecule has 0 saturated carbocycles. The lowest BCUT2D eigenvalue weighted by Crippen LogP contribution is -1.96. The number of hydrogen-bond donors (Lipinski definition) is 0. The van der Waals surface area contributed by atoms with Crippen LogP contribution in [0, 0.1) is 6.92 Å². The molecule has 0 aliphatic carbocycles. The maximum Gasteiger partial charge on any atom is 0.119 e. The van der Waals surface area contributed by atoms with E-state index in [1.165, 1.54) is 16.7 Å². The molecule has 0 aliphatic rings. The fourth-order valence-corrected chi connectivity index (χ4v) is 3.40. The Bertz CT molecular complexity index is 549. The predicted molar refractivity (Wildman–Crippen MR) is 87.3 cm³/mol. The molecule has 0 N–H and O–H groups in total. The van der Waals surface area contributed by atoms with Crippen molar-refractivity contribution in [2.24, 2.45) is 0 Å². The zero-order valence-corrected chi connectivity index (χ0v) is 14.2. The molecule has 0 spiro atoms. The first-order valence-corrected chi connectivity index (χ1v) is 7.95. The third-order valence-electron chi connectivity index (χ3n) is 2.91. The van der Waals surface area contributed by atoms with Crippen molar-refractivity contribution in [2.75, 3.05) is 6.61 Å². The van der Waals surface area contributed by atoms with Gasteiger partial charge in [0.1, 0.15) is 5.75 Å². The monoisotopic (exact) mass is 382 g/mol. The highest BCUT2D eigenvalue weighted by Gasteiger charge is 2.13. The molecular formula is C16H16Br2O. The standard InChI is InChI=1S/C16H16Br2O/c1-3-19-13-7-5-12(6-8-13)16(18)14-10-11(2)4-9-15(14)17/h4-10,16H,3H2,1-2H3. The molecule has 3 heteroatoms. The molecule has 2 aromatic rings. The Balaban J connectivity index is 2.27. The smallest absolute Gasteiger partial charge is 0.119 e. The minimum atomic E-state index is 0.178. The summed E-state index contributed by atoms with van der Waals surface area (Å²) in [7, 11) is 0. The lowest BCUT2D eigenvalue weighted by Gasteiger charge is -2.14. The minimum Gasteiger partial charge on any atom is -0.494 e. The van der Waals surface area contributed by atoms with Crippen molar-refractivity contribution < 1.29 is 4.74 Å². The largest absolute Gasteiger partial charge is 0.494 e. The van der Waals surface area contributed by atoms with Crippen LogP contribution < -0.4 is 4.74 Å². The maximum atomic E-state index is 5.46. The van der Waals surface area contributed by atoms with E-state index in [0.717, 1.165) is 10.2 Å². The summed E-state index contributed by atoms with van der Waals surface area (Å²) < 4.78 is 6.58. The van der Waals surface area contributed by atoms with Gasteiger partial charge in [-0.15, -0.1) is 0 Å². The molecule has 1 atom stereocenters. The van der Waals surface area contributed by atoms with Crippen LogP contribution in [0.1, 0.15) is 28.4 Å². The van der Waals surface area contributed by atoms with Crippen LogP contribution in [-0.2, 0) is 0 Å². The Morgan fingerprint density at radius 2 is 1.79 bits per heavy atom. The summed E-state index contributed by atoms with van der Waals surface area (Å²) in [4.78, 5) is 0.178. The first-order valence-electron chi connectivity index (χ1n) is 6.24. The molecule has 2 aromatic carbocycles. The van der Waals surface area contributed by atoms with Crippen LogP contribution in [0.25, 0.3) is 0 Å². The van der Waals surface area contributed by atoms with E-state index in [4.69, 9.17) is 4.74 Å². The summed E-state index contributed by atoms with van der Waals surface area (Å²) in [5, 5.41) is 0.